The van der Waals surface area contributed by atoms with Crippen LogP contribution in [0.1, 0.15) is 13.3 Å². The summed E-state index contributed by atoms with van der Waals surface area (Å²) in [5.41, 5.74) is 0. The Kier molecular flexibility index (Phi) is 4.46. The Hall–Kier alpha value is -0.940. The predicted octanol–water partition coefficient (Wildman–Crippen LogP) is -1.14. The maximum Gasteiger partial charge on any atom is 0.337 e. The van der Waals surface area contributed by atoms with Crippen molar-refractivity contribution in [3.8, 4) is 0 Å². The van der Waals surface area contributed by atoms with Gasteiger partial charge in [-0.1, -0.05) is 6.92 Å². The van der Waals surface area contributed by atoms with Crippen LogP contribution in [0.15, 0.2) is 0 Å². The normalized spacial score (nSPS) is 15.0. The smallest absolute Gasteiger partial charge is 0.337 e. The predicted molar refractivity (Wildman–Crippen MR) is 39.3 cm³/mol. The fourth-order valence-corrected chi connectivity index (χ4v) is 0.635. The summed E-state index contributed by atoms with van der Waals surface area (Å²) in [4.78, 5) is 21.3. The van der Waals surface area contributed by atoms with Gasteiger partial charge in [0.2, 0.25) is 0 Å². The third kappa shape index (κ3) is 2.60. The molecular weight excluding hydrogens is 164 g/mol. The van der Waals surface area contributed by atoms with Crippen LogP contribution in [0.25, 0.3) is 0 Å². The molecule has 0 fully saturated rings. The molecule has 0 aromatic heterocycles. The van der Waals surface area contributed by atoms with E-state index < -0.39 is 24.0 Å². The molecule has 0 radical (unpaired) electrons. The summed E-state index contributed by atoms with van der Waals surface area (Å²) < 4.78 is 4.13. The first kappa shape index (κ1) is 11.1. The number of ketones is 1. The summed E-state index contributed by atoms with van der Waals surface area (Å²) in [6, 6.07) is 0. The fraction of sp³-hybridized carbons (Fsp3) is 0.714. The van der Waals surface area contributed by atoms with Crippen LogP contribution in [-0.2, 0) is 14.3 Å². The van der Waals surface area contributed by atoms with Crippen molar-refractivity contribution in [2.24, 2.45) is 0 Å². The minimum atomic E-state index is -1.78. The van der Waals surface area contributed by atoms with Crippen LogP contribution < -0.4 is 0 Å². The van der Waals surface area contributed by atoms with E-state index in [0.29, 0.717) is 0 Å². The van der Waals surface area contributed by atoms with E-state index in [-0.39, 0.29) is 6.42 Å². The van der Waals surface area contributed by atoms with Crippen LogP contribution in [0.5, 0.6) is 0 Å². The van der Waals surface area contributed by atoms with Crippen LogP contribution in [0.4, 0.5) is 0 Å². The van der Waals surface area contributed by atoms with Gasteiger partial charge < -0.3 is 14.9 Å². The van der Waals surface area contributed by atoms with Gasteiger partial charge in [-0.05, 0) is 0 Å². The van der Waals surface area contributed by atoms with Gasteiger partial charge in [-0.2, -0.15) is 0 Å². The van der Waals surface area contributed by atoms with Gasteiger partial charge in [0.15, 0.2) is 11.9 Å². The van der Waals surface area contributed by atoms with E-state index in [1.54, 1.807) is 0 Å². The molecule has 5 nitrogen and oxygen atoms in total. The van der Waals surface area contributed by atoms with Gasteiger partial charge in [-0.25, -0.2) is 4.79 Å². The Morgan fingerprint density at radius 3 is 2.17 bits per heavy atom. The molecule has 5 heteroatoms. The summed E-state index contributed by atoms with van der Waals surface area (Å²) in [5.74, 6) is -1.60. The minimum Gasteiger partial charge on any atom is -0.467 e. The van der Waals surface area contributed by atoms with Gasteiger partial charge in [0, 0.05) is 6.42 Å². The number of carbonyl (C=O) groups is 2. The van der Waals surface area contributed by atoms with Gasteiger partial charge in [0.05, 0.1) is 7.11 Å². The number of esters is 1. The van der Waals surface area contributed by atoms with Crippen LogP contribution in [0.2, 0.25) is 0 Å². The molecule has 0 saturated heterocycles. The number of Topliss-reactive ketones (excluding diaryl/α,β-unsaturated/α-hetero) is 1. The molecule has 0 aromatic rings. The van der Waals surface area contributed by atoms with E-state index >= 15 is 0 Å². The van der Waals surface area contributed by atoms with Gasteiger partial charge in [0.25, 0.3) is 0 Å². The number of aliphatic hydroxyl groups is 2. The van der Waals surface area contributed by atoms with Gasteiger partial charge in [0.1, 0.15) is 6.10 Å². The summed E-state index contributed by atoms with van der Waals surface area (Å²) in [6.45, 7) is 1.52. The van der Waals surface area contributed by atoms with Crippen molar-refractivity contribution in [1.82, 2.24) is 0 Å². The molecule has 0 spiro atoms. The Morgan fingerprint density at radius 1 is 1.33 bits per heavy atom. The molecule has 0 bridgehead atoms. The van der Waals surface area contributed by atoms with Gasteiger partial charge in [-0.15, -0.1) is 0 Å². The molecular formula is C7H12O5. The quantitative estimate of drug-likeness (QED) is 0.529. The van der Waals surface area contributed by atoms with Crippen molar-refractivity contribution in [3.05, 3.63) is 0 Å². The number of rotatable bonds is 4. The lowest BCUT2D eigenvalue weighted by Crippen LogP contribution is -2.40. The molecule has 0 aliphatic heterocycles. The molecule has 70 valence electrons. The van der Waals surface area contributed by atoms with Gasteiger partial charge >= 0.3 is 5.97 Å². The fourth-order valence-electron chi connectivity index (χ4n) is 0.635. The van der Waals surface area contributed by atoms with E-state index in [0.717, 1.165) is 7.11 Å². The van der Waals surface area contributed by atoms with Gasteiger partial charge in [-0.3, -0.25) is 4.79 Å². The molecule has 0 amide bonds. The number of ether oxygens (including phenoxy) is 1. The molecule has 0 rings (SSSR count). The number of aliphatic hydroxyl groups excluding tert-OH is 2. The van der Waals surface area contributed by atoms with E-state index in [1.165, 1.54) is 6.92 Å². The van der Waals surface area contributed by atoms with Crippen molar-refractivity contribution in [2.75, 3.05) is 7.11 Å². The van der Waals surface area contributed by atoms with Crippen LogP contribution in [-0.4, -0.2) is 41.3 Å². The molecule has 2 atom stereocenters. The summed E-state index contributed by atoms with van der Waals surface area (Å²) in [7, 11) is 1.06. The molecule has 2 unspecified atom stereocenters. The first-order valence-corrected chi connectivity index (χ1v) is 3.51. The summed E-state index contributed by atoms with van der Waals surface area (Å²) in [5, 5.41) is 17.9. The lowest BCUT2D eigenvalue weighted by atomic mass is 10.1. The van der Waals surface area contributed by atoms with E-state index in [4.69, 9.17) is 10.2 Å². The topological polar surface area (TPSA) is 83.8 Å². The zero-order valence-electron chi connectivity index (χ0n) is 6.98. The second-order valence-corrected chi connectivity index (χ2v) is 2.23. The first-order valence-electron chi connectivity index (χ1n) is 3.51. The lowest BCUT2D eigenvalue weighted by molar-refractivity contribution is -0.160. The SMILES string of the molecule is CCC(=O)C(O)C(O)C(=O)OC. The maximum absolute atomic E-state index is 10.8. The van der Waals surface area contributed by atoms with Crippen molar-refractivity contribution < 1.29 is 24.5 Å². The monoisotopic (exact) mass is 176 g/mol. The molecule has 0 saturated carbocycles. The number of carbonyl (C=O) groups excluding carboxylic acids is 2. The van der Waals surface area contributed by atoms with Crippen molar-refractivity contribution >= 4 is 11.8 Å². The highest BCUT2D eigenvalue weighted by atomic mass is 16.5. The molecule has 0 aliphatic carbocycles. The number of methoxy groups -OCH3 is 1. The third-order valence-corrected chi connectivity index (χ3v) is 1.42. The second-order valence-electron chi connectivity index (χ2n) is 2.23. The molecule has 0 aromatic carbocycles. The third-order valence-electron chi connectivity index (χ3n) is 1.42. The van der Waals surface area contributed by atoms with Crippen LogP contribution >= 0.6 is 0 Å². The zero-order chi connectivity index (χ0) is 9.72. The maximum atomic E-state index is 10.8. The Bertz CT molecular complexity index is 157. The zero-order valence-corrected chi connectivity index (χ0v) is 6.98. The van der Waals surface area contributed by atoms with Crippen LogP contribution in [0, 0.1) is 0 Å². The Morgan fingerprint density at radius 2 is 1.83 bits per heavy atom. The highest BCUT2D eigenvalue weighted by Crippen LogP contribution is 1.99. The second kappa shape index (κ2) is 4.84. The van der Waals surface area contributed by atoms with Crippen molar-refractivity contribution in [1.29, 1.82) is 0 Å². The standard InChI is InChI=1S/C7H12O5/c1-3-4(8)5(9)6(10)7(11)12-2/h5-6,9-10H,3H2,1-2H3. The first-order chi connectivity index (χ1) is 5.54. The van der Waals surface area contributed by atoms with E-state index in [9.17, 15) is 9.59 Å². The van der Waals surface area contributed by atoms with E-state index in [1.807, 2.05) is 0 Å². The van der Waals surface area contributed by atoms with E-state index in [2.05, 4.69) is 4.74 Å². The minimum absolute atomic E-state index is 0.0647. The average Bonchev–Trinajstić information content (AvgIpc) is 2.12. The highest BCUT2D eigenvalue weighted by Gasteiger charge is 2.29. The lowest BCUT2D eigenvalue weighted by Gasteiger charge is -2.13. The molecule has 0 heterocycles. The molecule has 12 heavy (non-hydrogen) atoms. The summed E-state index contributed by atoms with van der Waals surface area (Å²) >= 11 is 0. The Labute approximate surface area is 70.0 Å². The average molecular weight is 176 g/mol. The Balaban J connectivity index is 4.18. The van der Waals surface area contributed by atoms with Crippen LogP contribution in [0.3, 0.4) is 0 Å². The van der Waals surface area contributed by atoms with Crippen molar-refractivity contribution in [3.63, 3.8) is 0 Å². The number of hydrogen-bond donors (Lipinski definition) is 2. The molecule has 0 aliphatic rings. The van der Waals surface area contributed by atoms with Crippen molar-refractivity contribution in [2.45, 2.75) is 25.6 Å². The molecule has 2 N–H and O–H groups in total. The highest BCUT2D eigenvalue weighted by molar-refractivity contribution is 5.89. The number of hydrogen-bond acceptors (Lipinski definition) is 5. The summed E-state index contributed by atoms with van der Waals surface area (Å²) in [6.07, 6.45) is -3.39. The largest absolute Gasteiger partial charge is 0.467 e.